The zero-order valence-electron chi connectivity index (χ0n) is 8.04. The maximum atomic E-state index is 12.0. The molecule has 0 aliphatic heterocycles. The lowest BCUT2D eigenvalue weighted by Gasteiger charge is -2.29. The van der Waals surface area contributed by atoms with Gasteiger partial charge in [-0.15, -0.1) is 6.58 Å². The maximum absolute atomic E-state index is 12.0. The number of rotatable bonds is 3. The van der Waals surface area contributed by atoms with Crippen LogP contribution in [0.2, 0.25) is 13.1 Å². The average Bonchev–Trinajstić information content (AvgIpc) is 1.96. The van der Waals surface area contributed by atoms with Crippen LogP contribution in [-0.2, 0) is 4.43 Å². The molecule has 90 valence electrons. The molecule has 0 amide bonds. The van der Waals surface area contributed by atoms with Gasteiger partial charge in [-0.25, -0.2) is 0 Å². The second-order valence-corrected chi connectivity index (χ2v) is 7.24. The molecule has 1 nitrogen and oxygen atoms in total. The lowest BCUT2D eigenvalue weighted by molar-refractivity contribution is -0.302. The van der Waals surface area contributed by atoms with Gasteiger partial charge in [0.05, 0.1) is 0 Å². The van der Waals surface area contributed by atoms with Gasteiger partial charge in [0, 0.05) is 0 Å². The standard InChI is InChI=1S/C7H10F6OSi/c1-4-15(2,3)14-5(6(8,9)10)7(11,12)13/h4-5H,1H2,2-3H3. The van der Waals surface area contributed by atoms with E-state index in [-0.39, 0.29) is 0 Å². The molecule has 8 heteroatoms. The van der Waals surface area contributed by atoms with Gasteiger partial charge in [-0.1, -0.05) is 5.70 Å². The maximum Gasteiger partial charge on any atom is 0.422 e. The molecule has 0 saturated heterocycles. The summed E-state index contributed by atoms with van der Waals surface area (Å²) in [5, 5.41) is 0. The van der Waals surface area contributed by atoms with E-state index in [1.54, 1.807) is 0 Å². The van der Waals surface area contributed by atoms with E-state index in [9.17, 15) is 26.3 Å². The molecule has 0 radical (unpaired) electrons. The first-order chi connectivity index (χ1) is 6.40. The summed E-state index contributed by atoms with van der Waals surface area (Å²) in [5.41, 5.74) is 1.01. The van der Waals surface area contributed by atoms with E-state index in [2.05, 4.69) is 11.0 Å². The molecular formula is C7H10F6OSi. The first-order valence-electron chi connectivity index (χ1n) is 3.85. The molecule has 0 bridgehead atoms. The second-order valence-electron chi connectivity index (χ2n) is 3.39. The summed E-state index contributed by atoms with van der Waals surface area (Å²) in [6, 6.07) is 0. The summed E-state index contributed by atoms with van der Waals surface area (Å²) in [6.45, 7) is 5.55. The molecule has 0 heterocycles. The van der Waals surface area contributed by atoms with Crippen LogP contribution >= 0.6 is 0 Å². The van der Waals surface area contributed by atoms with Crippen LogP contribution in [0.1, 0.15) is 0 Å². The molecule has 0 aliphatic rings. The zero-order valence-corrected chi connectivity index (χ0v) is 9.04. The van der Waals surface area contributed by atoms with Crippen LogP contribution in [0.4, 0.5) is 26.3 Å². The normalized spacial score (nSPS) is 14.5. The van der Waals surface area contributed by atoms with Crippen molar-refractivity contribution in [2.24, 2.45) is 0 Å². The predicted molar refractivity (Wildman–Crippen MR) is 44.7 cm³/mol. The van der Waals surface area contributed by atoms with Crippen LogP contribution in [-0.4, -0.2) is 26.8 Å². The first kappa shape index (κ1) is 14.5. The minimum atomic E-state index is -5.45. The van der Waals surface area contributed by atoms with Gasteiger partial charge in [-0.2, -0.15) is 26.3 Å². The van der Waals surface area contributed by atoms with Crippen molar-refractivity contribution in [3.63, 3.8) is 0 Å². The highest BCUT2D eigenvalue weighted by molar-refractivity contribution is 6.76. The molecule has 0 spiro atoms. The lowest BCUT2D eigenvalue weighted by Crippen LogP contribution is -2.50. The van der Waals surface area contributed by atoms with Crippen molar-refractivity contribution in [3.05, 3.63) is 12.3 Å². The fourth-order valence-electron chi connectivity index (χ4n) is 0.671. The Morgan fingerprint density at radius 3 is 1.60 bits per heavy atom. The largest absolute Gasteiger partial charge is 0.422 e. The molecule has 0 unspecified atom stereocenters. The average molecular weight is 252 g/mol. The molecule has 0 saturated carbocycles. The van der Waals surface area contributed by atoms with Crippen molar-refractivity contribution in [1.29, 1.82) is 0 Å². The van der Waals surface area contributed by atoms with Gasteiger partial charge in [0.1, 0.15) is 0 Å². The topological polar surface area (TPSA) is 9.23 Å². The van der Waals surface area contributed by atoms with Crippen LogP contribution in [0.5, 0.6) is 0 Å². The molecule has 15 heavy (non-hydrogen) atoms. The van der Waals surface area contributed by atoms with Gasteiger partial charge in [-0.05, 0) is 13.1 Å². The van der Waals surface area contributed by atoms with E-state index < -0.39 is 26.8 Å². The molecule has 0 aromatic rings. The monoisotopic (exact) mass is 252 g/mol. The minimum absolute atomic E-state index is 1.01. The predicted octanol–water partition coefficient (Wildman–Crippen LogP) is 3.43. The fraction of sp³-hybridized carbons (Fsp3) is 0.714. The summed E-state index contributed by atoms with van der Waals surface area (Å²) < 4.78 is 76.2. The molecule has 0 aromatic heterocycles. The molecular weight excluding hydrogens is 242 g/mol. The smallest absolute Gasteiger partial charge is 0.395 e. The van der Waals surface area contributed by atoms with Crippen molar-refractivity contribution in [3.8, 4) is 0 Å². The molecule has 0 aromatic carbocycles. The molecule has 0 rings (SSSR count). The highest BCUT2D eigenvalue weighted by Gasteiger charge is 2.59. The van der Waals surface area contributed by atoms with Crippen LogP contribution in [0.3, 0.4) is 0 Å². The van der Waals surface area contributed by atoms with Crippen molar-refractivity contribution in [1.82, 2.24) is 0 Å². The number of hydrogen-bond donors (Lipinski definition) is 0. The summed E-state index contributed by atoms with van der Waals surface area (Å²) >= 11 is 0. The summed E-state index contributed by atoms with van der Waals surface area (Å²) in [4.78, 5) is 0. The third-order valence-corrected chi connectivity index (χ3v) is 3.33. The van der Waals surface area contributed by atoms with E-state index in [1.807, 2.05) is 0 Å². The van der Waals surface area contributed by atoms with Crippen molar-refractivity contribution in [2.75, 3.05) is 0 Å². The van der Waals surface area contributed by atoms with Gasteiger partial charge < -0.3 is 4.43 Å². The minimum Gasteiger partial charge on any atom is -0.395 e. The Labute approximate surface area is 83.9 Å². The molecule has 0 fully saturated rings. The van der Waals surface area contributed by atoms with Crippen molar-refractivity contribution < 1.29 is 30.8 Å². The summed E-state index contributed by atoms with van der Waals surface area (Å²) in [6.07, 6.45) is -14.6. The second kappa shape index (κ2) is 4.16. The third kappa shape index (κ3) is 4.69. The van der Waals surface area contributed by atoms with Crippen LogP contribution in [0.25, 0.3) is 0 Å². The highest BCUT2D eigenvalue weighted by atomic mass is 28.4. The number of alkyl halides is 6. The van der Waals surface area contributed by atoms with Gasteiger partial charge in [0.2, 0.25) is 14.4 Å². The Morgan fingerprint density at radius 1 is 1.07 bits per heavy atom. The zero-order chi connectivity index (χ0) is 12.5. The van der Waals surface area contributed by atoms with Crippen molar-refractivity contribution >= 4 is 8.32 Å². The Hall–Kier alpha value is -0.503. The highest BCUT2D eigenvalue weighted by Crippen LogP contribution is 2.37. The van der Waals surface area contributed by atoms with E-state index in [1.165, 1.54) is 13.1 Å². The van der Waals surface area contributed by atoms with Crippen molar-refractivity contribution in [2.45, 2.75) is 31.6 Å². The molecule has 0 atom stereocenters. The summed E-state index contributed by atoms with van der Waals surface area (Å²) in [5.74, 6) is 0. The lowest BCUT2D eigenvalue weighted by atomic mass is 10.3. The van der Waals surface area contributed by atoms with Gasteiger partial charge in [-0.3, -0.25) is 0 Å². The van der Waals surface area contributed by atoms with E-state index in [0.717, 1.165) is 5.70 Å². The van der Waals surface area contributed by atoms with Crippen LogP contribution in [0, 0.1) is 0 Å². The number of hydrogen-bond acceptors (Lipinski definition) is 1. The fourth-order valence-corrected chi connectivity index (χ4v) is 1.64. The summed E-state index contributed by atoms with van der Waals surface area (Å²) in [7, 11) is -3.14. The Morgan fingerprint density at radius 2 is 1.40 bits per heavy atom. The first-order valence-corrected chi connectivity index (χ1v) is 6.83. The van der Waals surface area contributed by atoms with Gasteiger partial charge in [0.25, 0.3) is 0 Å². The number of halogens is 6. The van der Waals surface area contributed by atoms with Crippen LogP contribution in [0.15, 0.2) is 12.3 Å². The molecule has 0 aliphatic carbocycles. The quantitative estimate of drug-likeness (QED) is 0.552. The SMILES string of the molecule is C=C[Si](C)(C)OC(C(F)(F)F)C(F)(F)F. The van der Waals surface area contributed by atoms with E-state index >= 15 is 0 Å². The van der Waals surface area contributed by atoms with E-state index in [0.29, 0.717) is 0 Å². The van der Waals surface area contributed by atoms with Gasteiger partial charge >= 0.3 is 12.4 Å². The Bertz CT molecular complexity index is 217. The Kier molecular flexibility index (Phi) is 4.03. The third-order valence-electron chi connectivity index (χ3n) is 1.51. The van der Waals surface area contributed by atoms with E-state index in [4.69, 9.17) is 0 Å². The molecule has 0 N–H and O–H groups in total. The van der Waals surface area contributed by atoms with Gasteiger partial charge in [0.15, 0.2) is 0 Å². The Balaban J connectivity index is 4.93. The van der Waals surface area contributed by atoms with Crippen LogP contribution < -0.4 is 0 Å².